The van der Waals surface area contributed by atoms with Crippen LogP contribution in [-0.4, -0.2) is 23.9 Å². The number of anilines is 1. The molecule has 0 bridgehead atoms. The highest BCUT2D eigenvalue weighted by molar-refractivity contribution is 9.10. The Bertz CT molecular complexity index is 540. The topological polar surface area (TPSA) is 46.3 Å². The van der Waals surface area contributed by atoms with Crippen molar-refractivity contribution < 1.29 is 4.79 Å². The second-order valence-corrected chi connectivity index (χ2v) is 8.02. The molecule has 4 heteroatoms. The molecular formula is C17H25BrN2O. The fourth-order valence-electron chi connectivity index (χ4n) is 3.04. The normalized spacial score (nSPS) is 17.1. The lowest BCUT2D eigenvalue weighted by Gasteiger charge is -2.39. The zero-order chi connectivity index (χ0) is 15.8. The molecule has 1 saturated heterocycles. The number of piperidine rings is 1. The van der Waals surface area contributed by atoms with E-state index in [1.54, 1.807) is 0 Å². The van der Waals surface area contributed by atoms with E-state index < -0.39 is 0 Å². The number of halogens is 1. The number of rotatable bonds is 1. The lowest BCUT2D eigenvalue weighted by molar-refractivity contribution is 0.0608. The average Bonchev–Trinajstić information content (AvgIpc) is 2.41. The highest BCUT2D eigenvalue weighted by Crippen LogP contribution is 2.35. The molecule has 21 heavy (non-hydrogen) atoms. The average molecular weight is 353 g/mol. The van der Waals surface area contributed by atoms with Crippen LogP contribution in [0.25, 0.3) is 0 Å². The molecule has 1 heterocycles. The maximum atomic E-state index is 12.7. The Morgan fingerprint density at radius 1 is 1.29 bits per heavy atom. The van der Waals surface area contributed by atoms with Crippen LogP contribution in [0.15, 0.2) is 16.6 Å². The van der Waals surface area contributed by atoms with Crippen molar-refractivity contribution in [1.29, 1.82) is 0 Å². The van der Waals surface area contributed by atoms with Gasteiger partial charge in [-0.05, 0) is 48.8 Å². The van der Waals surface area contributed by atoms with Crippen molar-refractivity contribution >= 4 is 27.5 Å². The Kier molecular flexibility index (Phi) is 4.66. The van der Waals surface area contributed by atoms with E-state index in [-0.39, 0.29) is 5.91 Å². The molecule has 1 aromatic rings. The summed E-state index contributed by atoms with van der Waals surface area (Å²) in [6, 6.07) is 3.72. The molecule has 1 aromatic carbocycles. The molecule has 0 atom stereocenters. The number of hydrogen-bond acceptors (Lipinski definition) is 2. The zero-order valence-corrected chi connectivity index (χ0v) is 15.0. The molecule has 1 amide bonds. The predicted molar refractivity (Wildman–Crippen MR) is 91.4 cm³/mol. The van der Waals surface area contributed by atoms with Gasteiger partial charge in [0.1, 0.15) is 0 Å². The minimum atomic E-state index is 0.104. The summed E-state index contributed by atoms with van der Waals surface area (Å²) in [6.45, 7) is 10.5. The van der Waals surface area contributed by atoms with E-state index in [2.05, 4.69) is 36.7 Å². The Labute approximate surface area is 136 Å². The Hall–Kier alpha value is -1.03. The zero-order valence-electron chi connectivity index (χ0n) is 13.4. The lowest BCUT2D eigenvalue weighted by atomic mass is 9.75. The number of nitrogens with two attached hydrogens (primary N) is 1. The fraction of sp³-hybridized carbons (Fsp3) is 0.588. The van der Waals surface area contributed by atoms with Crippen molar-refractivity contribution in [2.24, 2.45) is 11.3 Å². The molecule has 0 saturated carbocycles. The van der Waals surface area contributed by atoms with Crippen LogP contribution in [0.1, 0.15) is 49.5 Å². The van der Waals surface area contributed by atoms with Crippen molar-refractivity contribution in [3.05, 3.63) is 27.7 Å². The molecule has 2 N–H and O–H groups in total. The van der Waals surface area contributed by atoms with Crippen LogP contribution in [0.5, 0.6) is 0 Å². The predicted octanol–water partition coefficient (Wildman–Crippen LogP) is 4.24. The molecule has 1 aliphatic heterocycles. The third-order valence-corrected chi connectivity index (χ3v) is 5.11. The molecule has 1 fully saturated rings. The first-order valence-electron chi connectivity index (χ1n) is 7.55. The number of likely N-dealkylation sites (tertiary alicyclic amines) is 1. The summed E-state index contributed by atoms with van der Waals surface area (Å²) >= 11 is 3.42. The number of carbonyl (C=O) groups is 1. The monoisotopic (exact) mass is 352 g/mol. The minimum Gasteiger partial charge on any atom is -0.398 e. The van der Waals surface area contributed by atoms with E-state index in [0.717, 1.165) is 41.5 Å². The Balaban J connectivity index is 2.13. The van der Waals surface area contributed by atoms with E-state index in [1.165, 1.54) is 0 Å². The van der Waals surface area contributed by atoms with Gasteiger partial charge in [0.15, 0.2) is 0 Å². The van der Waals surface area contributed by atoms with Gasteiger partial charge in [-0.3, -0.25) is 4.79 Å². The first kappa shape index (κ1) is 16.3. The van der Waals surface area contributed by atoms with Gasteiger partial charge in [0, 0.05) is 28.8 Å². The molecule has 2 rings (SSSR count). The number of carbonyl (C=O) groups excluding carboxylic acids is 1. The minimum absolute atomic E-state index is 0.104. The Morgan fingerprint density at radius 3 is 2.38 bits per heavy atom. The molecule has 0 spiro atoms. The van der Waals surface area contributed by atoms with Gasteiger partial charge in [0.05, 0.1) is 0 Å². The number of benzene rings is 1. The van der Waals surface area contributed by atoms with Crippen LogP contribution in [0.2, 0.25) is 0 Å². The van der Waals surface area contributed by atoms with E-state index in [1.807, 2.05) is 24.0 Å². The van der Waals surface area contributed by atoms with Gasteiger partial charge in [-0.2, -0.15) is 0 Å². The van der Waals surface area contributed by atoms with Gasteiger partial charge in [-0.15, -0.1) is 0 Å². The summed E-state index contributed by atoms with van der Waals surface area (Å²) in [4.78, 5) is 14.7. The molecular weight excluding hydrogens is 328 g/mol. The van der Waals surface area contributed by atoms with Gasteiger partial charge >= 0.3 is 0 Å². The largest absolute Gasteiger partial charge is 0.398 e. The van der Waals surface area contributed by atoms with Crippen molar-refractivity contribution in [2.45, 2.75) is 40.5 Å². The lowest BCUT2D eigenvalue weighted by Crippen LogP contribution is -2.41. The summed E-state index contributed by atoms with van der Waals surface area (Å²) in [7, 11) is 0. The van der Waals surface area contributed by atoms with Gasteiger partial charge < -0.3 is 10.6 Å². The van der Waals surface area contributed by atoms with Crippen LogP contribution >= 0.6 is 15.9 Å². The number of nitrogen functional groups attached to an aromatic ring is 1. The van der Waals surface area contributed by atoms with Crippen molar-refractivity contribution in [1.82, 2.24) is 4.90 Å². The van der Waals surface area contributed by atoms with Gasteiger partial charge in [0.2, 0.25) is 0 Å². The molecule has 1 aliphatic rings. The van der Waals surface area contributed by atoms with Gasteiger partial charge in [-0.25, -0.2) is 0 Å². The van der Waals surface area contributed by atoms with E-state index in [9.17, 15) is 4.79 Å². The Morgan fingerprint density at radius 2 is 1.86 bits per heavy atom. The van der Waals surface area contributed by atoms with Gasteiger partial charge in [-0.1, -0.05) is 36.7 Å². The number of nitrogens with zero attached hydrogens (tertiary/aromatic N) is 1. The van der Waals surface area contributed by atoms with Crippen molar-refractivity contribution in [3.8, 4) is 0 Å². The first-order valence-corrected chi connectivity index (χ1v) is 8.34. The summed E-state index contributed by atoms with van der Waals surface area (Å²) in [5.74, 6) is 0.795. The van der Waals surface area contributed by atoms with Crippen LogP contribution in [0.4, 0.5) is 5.69 Å². The third-order valence-electron chi connectivity index (χ3n) is 4.65. The van der Waals surface area contributed by atoms with Crippen LogP contribution in [-0.2, 0) is 0 Å². The summed E-state index contributed by atoms with van der Waals surface area (Å²) < 4.78 is 0.860. The number of hydrogen-bond donors (Lipinski definition) is 1. The number of amides is 1. The molecule has 0 unspecified atom stereocenters. The molecule has 3 nitrogen and oxygen atoms in total. The molecule has 0 aliphatic carbocycles. The van der Waals surface area contributed by atoms with E-state index in [4.69, 9.17) is 5.73 Å². The summed E-state index contributed by atoms with van der Waals surface area (Å²) in [5.41, 5.74) is 8.55. The van der Waals surface area contributed by atoms with Crippen molar-refractivity contribution in [2.75, 3.05) is 18.8 Å². The molecule has 0 aromatic heterocycles. The van der Waals surface area contributed by atoms with Crippen LogP contribution in [0.3, 0.4) is 0 Å². The van der Waals surface area contributed by atoms with E-state index >= 15 is 0 Å². The second-order valence-electron chi connectivity index (χ2n) is 7.10. The third kappa shape index (κ3) is 3.60. The second kappa shape index (κ2) is 5.99. The summed E-state index contributed by atoms with van der Waals surface area (Å²) in [5, 5.41) is 0. The smallest absolute Gasteiger partial charge is 0.254 e. The highest BCUT2D eigenvalue weighted by Gasteiger charge is 2.31. The summed E-state index contributed by atoms with van der Waals surface area (Å²) in [6.07, 6.45) is 2.16. The van der Waals surface area contributed by atoms with Gasteiger partial charge in [0.25, 0.3) is 5.91 Å². The maximum Gasteiger partial charge on any atom is 0.254 e. The van der Waals surface area contributed by atoms with Crippen LogP contribution in [0, 0.1) is 18.3 Å². The van der Waals surface area contributed by atoms with E-state index in [0.29, 0.717) is 17.0 Å². The quantitative estimate of drug-likeness (QED) is 0.768. The first-order chi connectivity index (χ1) is 9.70. The maximum absolute atomic E-state index is 12.7. The van der Waals surface area contributed by atoms with Crippen LogP contribution < -0.4 is 5.73 Å². The molecule has 116 valence electrons. The standard InChI is InChI=1S/C17H25BrN2O/c1-11-14(9-13(18)10-15(11)19)16(21)20-7-5-12(6-8-20)17(2,3)4/h9-10,12H,5-8,19H2,1-4H3. The highest BCUT2D eigenvalue weighted by atomic mass is 79.9. The van der Waals surface area contributed by atoms with Crippen molar-refractivity contribution in [3.63, 3.8) is 0 Å². The fourth-order valence-corrected chi connectivity index (χ4v) is 3.52. The molecule has 0 radical (unpaired) electrons. The SMILES string of the molecule is Cc1c(N)cc(Br)cc1C(=O)N1CCC(C(C)(C)C)CC1.